The van der Waals surface area contributed by atoms with Gasteiger partial charge in [-0.05, 0) is 31.2 Å². The van der Waals surface area contributed by atoms with Crippen LogP contribution in [0.25, 0.3) is 10.2 Å². The predicted molar refractivity (Wildman–Crippen MR) is 106 cm³/mol. The minimum Gasteiger partial charge on any atom is -0.406 e. The van der Waals surface area contributed by atoms with Crippen LogP contribution in [0.2, 0.25) is 0 Å². The van der Waals surface area contributed by atoms with E-state index in [1.807, 2.05) is 41.0 Å². The maximum Gasteiger partial charge on any atom is 0.573 e. The van der Waals surface area contributed by atoms with E-state index in [0.717, 1.165) is 10.7 Å². The van der Waals surface area contributed by atoms with E-state index in [4.69, 9.17) is 0 Å². The first-order valence-corrected chi connectivity index (χ1v) is 9.87. The average molecular weight is 421 g/mol. The van der Waals surface area contributed by atoms with Gasteiger partial charge in [0.2, 0.25) is 0 Å². The molecule has 4 rings (SSSR count). The molecular weight excluding hydrogens is 403 g/mol. The number of alkyl halides is 3. The maximum atomic E-state index is 12.6. The van der Waals surface area contributed by atoms with Gasteiger partial charge in [-0.15, -0.1) is 13.2 Å². The van der Waals surface area contributed by atoms with Gasteiger partial charge in [-0.25, -0.2) is 4.98 Å². The van der Waals surface area contributed by atoms with Crippen molar-refractivity contribution in [1.82, 2.24) is 9.88 Å². The molecule has 1 aromatic heterocycles. The van der Waals surface area contributed by atoms with Gasteiger partial charge in [0.05, 0.1) is 10.2 Å². The molecule has 0 radical (unpaired) electrons. The largest absolute Gasteiger partial charge is 0.573 e. The van der Waals surface area contributed by atoms with Crippen LogP contribution in [0.5, 0.6) is 5.75 Å². The molecule has 29 heavy (non-hydrogen) atoms. The highest BCUT2D eigenvalue weighted by atomic mass is 32.1. The number of carbonyl (C=O) groups is 1. The van der Waals surface area contributed by atoms with E-state index in [1.54, 1.807) is 0 Å². The molecule has 3 aromatic rings. The predicted octanol–water partition coefficient (Wildman–Crippen LogP) is 4.47. The van der Waals surface area contributed by atoms with Gasteiger partial charge in [-0.3, -0.25) is 4.79 Å². The third-order valence-electron chi connectivity index (χ3n) is 4.72. The number of benzene rings is 2. The van der Waals surface area contributed by atoms with Crippen molar-refractivity contribution >= 4 is 32.6 Å². The lowest BCUT2D eigenvalue weighted by molar-refractivity contribution is -0.274. The topological polar surface area (TPSA) is 45.7 Å². The Balaban J connectivity index is 1.43. The van der Waals surface area contributed by atoms with Crippen molar-refractivity contribution in [2.75, 3.05) is 31.1 Å². The molecule has 0 saturated carbocycles. The molecule has 1 fully saturated rings. The number of nitrogens with zero attached hydrogens (tertiary/aromatic N) is 3. The summed E-state index contributed by atoms with van der Waals surface area (Å²) in [6.07, 6.45) is -4.72. The molecule has 0 unspecified atom stereocenters. The molecule has 1 amide bonds. The zero-order valence-electron chi connectivity index (χ0n) is 15.6. The van der Waals surface area contributed by atoms with Crippen molar-refractivity contribution < 1.29 is 22.7 Å². The first-order chi connectivity index (χ1) is 13.8. The Morgan fingerprint density at radius 3 is 2.41 bits per heavy atom. The molecule has 0 bridgehead atoms. The van der Waals surface area contributed by atoms with Gasteiger partial charge < -0.3 is 14.5 Å². The zero-order valence-corrected chi connectivity index (χ0v) is 16.4. The molecular formula is C20H18F3N3O2S. The number of ether oxygens (including phenoxy) is 1. The second-order valence-electron chi connectivity index (χ2n) is 6.82. The molecule has 0 spiro atoms. The Morgan fingerprint density at radius 2 is 1.76 bits per heavy atom. The number of anilines is 1. The second kappa shape index (κ2) is 7.55. The number of halogens is 3. The molecule has 0 aliphatic carbocycles. The minimum atomic E-state index is -4.72. The summed E-state index contributed by atoms with van der Waals surface area (Å²) in [4.78, 5) is 21.0. The Labute approximate surface area is 169 Å². The second-order valence-corrected chi connectivity index (χ2v) is 7.83. The Kier molecular flexibility index (Phi) is 5.08. The highest BCUT2D eigenvalue weighted by Gasteiger charge is 2.31. The Hall–Kier alpha value is -2.81. The number of hydrogen-bond donors (Lipinski definition) is 0. The van der Waals surface area contributed by atoms with Crippen LogP contribution in [0.4, 0.5) is 18.3 Å². The molecule has 5 nitrogen and oxygen atoms in total. The van der Waals surface area contributed by atoms with Gasteiger partial charge in [0.25, 0.3) is 5.91 Å². The summed E-state index contributed by atoms with van der Waals surface area (Å²) >= 11 is 1.32. The van der Waals surface area contributed by atoms with E-state index in [2.05, 4.69) is 9.72 Å². The molecule has 0 N–H and O–H groups in total. The average Bonchev–Trinajstić information content (AvgIpc) is 3.10. The van der Waals surface area contributed by atoms with Crippen LogP contribution in [0.1, 0.15) is 15.9 Å². The van der Waals surface area contributed by atoms with E-state index < -0.39 is 6.36 Å². The number of fused-ring (bicyclic) bond motifs is 1. The molecule has 2 aromatic carbocycles. The highest BCUT2D eigenvalue weighted by molar-refractivity contribution is 7.22. The number of aromatic nitrogens is 1. The van der Waals surface area contributed by atoms with E-state index in [0.29, 0.717) is 42.0 Å². The van der Waals surface area contributed by atoms with E-state index in [1.165, 1.54) is 29.5 Å². The monoisotopic (exact) mass is 421 g/mol. The number of piperazine rings is 1. The van der Waals surface area contributed by atoms with E-state index in [-0.39, 0.29) is 11.7 Å². The van der Waals surface area contributed by atoms with Crippen molar-refractivity contribution in [3.05, 3.63) is 53.6 Å². The van der Waals surface area contributed by atoms with Gasteiger partial charge in [-0.2, -0.15) is 0 Å². The molecule has 1 aliphatic heterocycles. The van der Waals surface area contributed by atoms with Crippen LogP contribution in [-0.4, -0.2) is 48.3 Å². The van der Waals surface area contributed by atoms with Gasteiger partial charge in [-0.1, -0.05) is 29.0 Å². The van der Waals surface area contributed by atoms with Crippen molar-refractivity contribution in [2.45, 2.75) is 13.3 Å². The lowest BCUT2D eigenvalue weighted by atomic mass is 10.1. The number of carbonyl (C=O) groups excluding carboxylic acids is 1. The van der Waals surface area contributed by atoms with Crippen molar-refractivity contribution in [1.29, 1.82) is 0 Å². The standard InChI is InChI=1S/C20H18F3N3O2S/c1-13-2-4-14(5-3-13)18(27)25-8-10-26(11-9-25)19-24-16-7-6-15(12-17(16)29-19)28-20(21,22)23/h2-7,12H,8-11H2,1H3. The lowest BCUT2D eigenvalue weighted by Gasteiger charge is -2.34. The molecule has 9 heteroatoms. The zero-order chi connectivity index (χ0) is 20.6. The third-order valence-corrected chi connectivity index (χ3v) is 5.80. The fourth-order valence-electron chi connectivity index (χ4n) is 3.20. The fourth-order valence-corrected chi connectivity index (χ4v) is 4.25. The van der Waals surface area contributed by atoms with Crippen molar-refractivity contribution in [3.8, 4) is 5.75 Å². The van der Waals surface area contributed by atoms with Gasteiger partial charge in [0, 0.05) is 37.8 Å². The Morgan fingerprint density at radius 1 is 1.07 bits per heavy atom. The molecule has 1 saturated heterocycles. The SMILES string of the molecule is Cc1ccc(C(=O)N2CCN(c3nc4ccc(OC(F)(F)F)cc4s3)CC2)cc1. The normalized spacial score (nSPS) is 15.0. The first-order valence-electron chi connectivity index (χ1n) is 9.06. The van der Waals surface area contributed by atoms with Gasteiger partial charge >= 0.3 is 6.36 Å². The van der Waals surface area contributed by atoms with Crippen LogP contribution in [0.3, 0.4) is 0 Å². The maximum absolute atomic E-state index is 12.6. The fraction of sp³-hybridized carbons (Fsp3) is 0.300. The molecule has 1 aliphatic rings. The molecule has 0 atom stereocenters. The van der Waals surface area contributed by atoms with Crippen LogP contribution >= 0.6 is 11.3 Å². The first kappa shape index (κ1) is 19.5. The third kappa shape index (κ3) is 4.45. The van der Waals surface area contributed by atoms with Gasteiger partial charge in [0.1, 0.15) is 5.75 Å². The smallest absolute Gasteiger partial charge is 0.406 e. The summed E-state index contributed by atoms with van der Waals surface area (Å²) in [5.41, 5.74) is 2.39. The van der Waals surface area contributed by atoms with Crippen LogP contribution in [0.15, 0.2) is 42.5 Å². The number of amides is 1. The quantitative estimate of drug-likeness (QED) is 0.626. The minimum absolute atomic E-state index is 0.00268. The number of thiazole rings is 1. The summed E-state index contributed by atoms with van der Waals surface area (Å²) in [5.74, 6) is -0.253. The summed E-state index contributed by atoms with van der Waals surface area (Å²) < 4.78 is 41.8. The van der Waals surface area contributed by atoms with Crippen LogP contribution < -0.4 is 9.64 Å². The van der Waals surface area contributed by atoms with E-state index in [9.17, 15) is 18.0 Å². The van der Waals surface area contributed by atoms with Crippen molar-refractivity contribution in [3.63, 3.8) is 0 Å². The Bertz CT molecular complexity index is 1030. The number of aryl methyl sites for hydroxylation is 1. The summed E-state index contributed by atoms with van der Waals surface area (Å²) in [6.45, 7) is 4.33. The molecule has 2 heterocycles. The summed E-state index contributed by atoms with van der Waals surface area (Å²) in [6, 6.07) is 11.6. The van der Waals surface area contributed by atoms with Crippen molar-refractivity contribution in [2.24, 2.45) is 0 Å². The van der Waals surface area contributed by atoms with Crippen LogP contribution in [-0.2, 0) is 0 Å². The summed E-state index contributed by atoms with van der Waals surface area (Å²) in [7, 11) is 0. The van der Waals surface area contributed by atoms with Gasteiger partial charge in [0.15, 0.2) is 5.13 Å². The van der Waals surface area contributed by atoms with E-state index >= 15 is 0 Å². The molecule has 152 valence electrons. The summed E-state index contributed by atoms with van der Waals surface area (Å²) in [5, 5.41) is 0.728. The highest BCUT2D eigenvalue weighted by Crippen LogP contribution is 2.33. The number of rotatable bonds is 3. The van der Waals surface area contributed by atoms with Crippen LogP contribution in [0, 0.1) is 6.92 Å². The lowest BCUT2D eigenvalue weighted by Crippen LogP contribution is -2.48. The number of hydrogen-bond acceptors (Lipinski definition) is 5.